The van der Waals surface area contributed by atoms with Gasteiger partial charge in [-0.25, -0.2) is 0 Å². The highest BCUT2D eigenvalue weighted by Crippen LogP contribution is 2.23. The summed E-state index contributed by atoms with van der Waals surface area (Å²) in [6, 6.07) is 7.12. The number of hydrogen-bond donors (Lipinski definition) is 0. The Morgan fingerprint density at radius 3 is 1.58 bits per heavy atom. The van der Waals surface area contributed by atoms with E-state index in [1.807, 2.05) is 12.1 Å². The van der Waals surface area contributed by atoms with Crippen LogP contribution in [-0.2, 0) is 0 Å². The molecule has 2 rings (SSSR count). The zero-order valence-corrected chi connectivity index (χ0v) is 16.5. The van der Waals surface area contributed by atoms with Crippen LogP contribution in [0, 0.1) is 0 Å². The Hall–Kier alpha value is -1.68. The molecular weight excluding hydrogens is 324 g/mol. The standard InChI is InChI=1S/C22H34N2O2/c1-23(2)17-13-9-7-5-3-4-6-8-10-14-18-24-21(25)19-15-11-12-16-20(19)22(24)26/h11-12,15-16H,3-10,13-14,17-18H2,1-2H3. The van der Waals surface area contributed by atoms with Crippen molar-refractivity contribution >= 4 is 11.8 Å². The summed E-state index contributed by atoms with van der Waals surface area (Å²) in [6.45, 7) is 1.76. The van der Waals surface area contributed by atoms with Gasteiger partial charge in [0.25, 0.3) is 11.8 Å². The summed E-state index contributed by atoms with van der Waals surface area (Å²) in [7, 11) is 4.27. The molecule has 0 radical (unpaired) electrons. The first-order valence-corrected chi connectivity index (χ1v) is 10.2. The predicted molar refractivity (Wildman–Crippen MR) is 107 cm³/mol. The zero-order valence-electron chi connectivity index (χ0n) is 16.5. The molecule has 0 fully saturated rings. The minimum Gasteiger partial charge on any atom is -0.309 e. The Bertz CT molecular complexity index is 548. The fourth-order valence-electron chi connectivity index (χ4n) is 3.55. The second-order valence-corrected chi connectivity index (χ2v) is 7.65. The molecule has 0 saturated heterocycles. The van der Waals surface area contributed by atoms with E-state index in [1.165, 1.54) is 62.8 Å². The molecule has 1 aliphatic rings. The van der Waals surface area contributed by atoms with Crippen molar-refractivity contribution in [3.8, 4) is 0 Å². The highest BCUT2D eigenvalue weighted by molar-refractivity contribution is 6.21. The number of nitrogens with zero attached hydrogens (tertiary/aromatic N) is 2. The number of benzene rings is 1. The molecule has 0 saturated carbocycles. The third-order valence-electron chi connectivity index (χ3n) is 5.12. The first-order valence-electron chi connectivity index (χ1n) is 10.2. The quantitative estimate of drug-likeness (QED) is 0.377. The van der Waals surface area contributed by atoms with Crippen molar-refractivity contribution < 1.29 is 9.59 Å². The Labute approximate surface area is 158 Å². The average molecular weight is 359 g/mol. The molecule has 4 nitrogen and oxygen atoms in total. The molecule has 1 aromatic rings. The smallest absolute Gasteiger partial charge is 0.261 e. The van der Waals surface area contributed by atoms with Crippen LogP contribution in [0.5, 0.6) is 0 Å². The monoisotopic (exact) mass is 358 g/mol. The van der Waals surface area contributed by atoms with Gasteiger partial charge in [-0.15, -0.1) is 0 Å². The van der Waals surface area contributed by atoms with Crippen molar-refractivity contribution in [1.82, 2.24) is 9.80 Å². The van der Waals surface area contributed by atoms with Gasteiger partial charge in [0.1, 0.15) is 0 Å². The molecule has 0 aromatic heterocycles. The summed E-state index contributed by atoms with van der Waals surface area (Å²) in [5.41, 5.74) is 1.12. The topological polar surface area (TPSA) is 40.6 Å². The van der Waals surface area contributed by atoms with Crippen LogP contribution in [0.2, 0.25) is 0 Å². The molecular formula is C22H34N2O2. The molecule has 0 aliphatic carbocycles. The van der Waals surface area contributed by atoms with Crippen LogP contribution in [0.3, 0.4) is 0 Å². The number of unbranched alkanes of at least 4 members (excludes halogenated alkanes) is 9. The predicted octanol–water partition coefficient (Wildman–Crippen LogP) is 4.75. The van der Waals surface area contributed by atoms with Gasteiger partial charge < -0.3 is 4.90 Å². The number of amides is 2. The second-order valence-electron chi connectivity index (χ2n) is 7.65. The van der Waals surface area contributed by atoms with Gasteiger partial charge in [0, 0.05) is 6.54 Å². The molecule has 1 aromatic carbocycles. The first-order chi connectivity index (χ1) is 12.6. The summed E-state index contributed by atoms with van der Waals surface area (Å²) in [5.74, 6) is -0.250. The molecule has 144 valence electrons. The lowest BCUT2D eigenvalue weighted by Gasteiger charge is -2.13. The summed E-state index contributed by atoms with van der Waals surface area (Å²) in [4.78, 5) is 28.2. The fraction of sp³-hybridized carbons (Fsp3) is 0.636. The van der Waals surface area contributed by atoms with E-state index >= 15 is 0 Å². The maximum absolute atomic E-state index is 12.3. The number of carbonyl (C=O) groups is 2. The van der Waals surface area contributed by atoms with E-state index in [9.17, 15) is 9.59 Å². The van der Waals surface area contributed by atoms with Crippen molar-refractivity contribution in [3.05, 3.63) is 35.4 Å². The van der Waals surface area contributed by atoms with E-state index in [1.54, 1.807) is 12.1 Å². The first kappa shape index (κ1) is 20.6. The Morgan fingerprint density at radius 1 is 0.692 bits per heavy atom. The fourth-order valence-corrected chi connectivity index (χ4v) is 3.55. The highest BCUT2D eigenvalue weighted by Gasteiger charge is 2.34. The van der Waals surface area contributed by atoms with Crippen molar-refractivity contribution in [1.29, 1.82) is 0 Å². The van der Waals surface area contributed by atoms with Crippen molar-refractivity contribution in [2.24, 2.45) is 0 Å². The lowest BCUT2D eigenvalue weighted by Crippen LogP contribution is -2.30. The minimum atomic E-state index is -0.125. The van der Waals surface area contributed by atoms with Gasteiger partial charge in [-0.3, -0.25) is 14.5 Å². The lowest BCUT2D eigenvalue weighted by molar-refractivity contribution is 0.0651. The molecule has 1 aliphatic heterocycles. The Kier molecular flexibility index (Phi) is 8.82. The Balaban J connectivity index is 1.47. The van der Waals surface area contributed by atoms with Gasteiger partial charge in [0.05, 0.1) is 11.1 Å². The SMILES string of the molecule is CN(C)CCCCCCCCCCCCN1C(=O)c2ccccc2C1=O. The maximum Gasteiger partial charge on any atom is 0.261 e. The minimum absolute atomic E-state index is 0.125. The van der Waals surface area contributed by atoms with Gasteiger partial charge in [-0.1, -0.05) is 63.5 Å². The van der Waals surface area contributed by atoms with Crippen molar-refractivity contribution in [3.63, 3.8) is 0 Å². The van der Waals surface area contributed by atoms with Crippen molar-refractivity contribution in [2.75, 3.05) is 27.2 Å². The van der Waals surface area contributed by atoms with Crippen LogP contribution < -0.4 is 0 Å². The third kappa shape index (κ3) is 6.24. The van der Waals surface area contributed by atoms with Gasteiger partial charge in [-0.05, 0) is 45.6 Å². The molecule has 0 spiro atoms. The molecule has 0 N–H and O–H groups in total. The number of carbonyl (C=O) groups excluding carboxylic acids is 2. The third-order valence-corrected chi connectivity index (χ3v) is 5.12. The van der Waals surface area contributed by atoms with Gasteiger partial charge >= 0.3 is 0 Å². The summed E-state index contributed by atoms with van der Waals surface area (Å²) in [5, 5.41) is 0. The molecule has 2 amide bonds. The summed E-state index contributed by atoms with van der Waals surface area (Å²) in [6.07, 6.45) is 12.5. The van der Waals surface area contributed by atoms with Crippen LogP contribution >= 0.6 is 0 Å². The molecule has 0 bridgehead atoms. The molecule has 1 heterocycles. The van der Waals surface area contributed by atoms with Gasteiger partial charge in [0.2, 0.25) is 0 Å². The number of imide groups is 1. The van der Waals surface area contributed by atoms with Crippen LogP contribution in [0.1, 0.15) is 84.9 Å². The molecule has 26 heavy (non-hydrogen) atoms. The summed E-state index contributed by atoms with van der Waals surface area (Å²) < 4.78 is 0. The van der Waals surface area contributed by atoms with Crippen LogP contribution in [0.25, 0.3) is 0 Å². The van der Waals surface area contributed by atoms with Crippen molar-refractivity contribution in [2.45, 2.75) is 64.2 Å². The van der Waals surface area contributed by atoms with E-state index in [4.69, 9.17) is 0 Å². The lowest BCUT2D eigenvalue weighted by atomic mass is 10.1. The van der Waals surface area contributed by atoms with Crippen LogP contribution in [0.4, 0.5) is 0 Å². The van der Waals surface area contributed by atoms with Gasteiger partial charge in [-0.2, -0.15) is 0 Å². The number of hydrogen-bond acceptors (Lipinski definition) is 3. The Morgan fingerprint density at radius 2 is 1.12 bits per heavy atom. The highest BCUT2D eigenvalue weighted by atomic mass is 16.2. The van der Waals surface area contributed by atoms with Crippen LogP contribution in [0.15, 0.2) is 24.3 Å². The number of fused-ring (bicyclic) bond motifs is 1. The number of rotatable bonds is 13. The molecule has 4 heteroatoms. The summed E-state index contributed by atoms with van der Waals surface area (Å²) >= 11 is 0. The second kappa shape index (κ2) is 11.1. The average Bonchev–Trinajstić information content (AvgIpc) is 2.87. The van der Waals surface area contributed by atoms with E-state index < -0.39 is 0 Å². The zero-order chi connectivity index (χ0) is 18.8. The van der Waals surface area contributed by atoms with Gasteiger partial charge in [0.15, 0.2) is 0 Å². The van der Waals surface area contributed by atoms with E-state index in [0.29, 0.717) is 17.7 Å². The largest absolute Gasteiger partial charge is 0.309 e. The normalized spacial score (nSPS) is 13.7. The van der Waals surface area contributed by atoms with Crippen LogP contribution in [-0.4, -0.2) is 48.8 Å². The van der Waals surface area contributed by atoms with E-state index in [0.717, 1.165) is 12.8 Å². The maximum atomic E-state index is 12.3. The molecule has 0 unspecified atom stereocenters. The van der Waals surface area contributed by atoms with E-state index in [-0.39, 0.29) is 11.8 Å². The van der Waals surface area contributed by atoms with E-state index in [2.05, 4.69) is 19.0 Å². The molecule has 0 atom stereocenters.